The lowest BCUT2D eigenvalue weighted by Crippen LogP contribution is -2.28. The van der Waals surface area contributed by atoms with Crippen molar-refractivity contribution < 1.29 is 18.9 Å². The van der Waals surface area contributed by atoms with E-state index in [0.717, 1.165) is 0 Å². The van der Waals surface area contributed by atoms with Crippen LogP contribution in [0.4, 0.5) is 21.5 Å². The molecule has 0 radical (unpaired) electrons. The number of halogens is 1. The summed E-state index contributed by atoms with van der Waals surface area (Å²) < 4.78 is 13.9. The van der Waals surface area contributed by atoms with Gasteiger partial charge in [-0.1, -0.05) is 18.2 Å². The highest BCUT2D eigenvalue weighted by Gasteiger charge is 2.36. The third kappa shape index (κ3) is 3.39. The minimum atomic E-state index is -0.666. The topological polar surface area (TPSA) is 92.5 Å². The Balaban J connectivity index is 1.76. The number of nitro benzene ring substituents is 1. The van der Waals surface area contributed by atoms with Crippen molar-refractivity contribution in [1.82, 2.24) is 0 Å². The number of aryl methyl sites for hydroxylation is 1. The maximum atomic E-state index is 13.9. The third-order valence-corrected chi connectivity index (χ3v) is 4.33. The van der Waals surface area contributed by atoms with Crippen molar-refractivity contribution in [3.05, 3.63) is 64.0 Å². The number of carbonyl (C=O) groups excluding carboxylic acids is 2. The van der Waals surface area contributed by atoms with Crippen molar-refractivity contribution in [2.45, 2.75) is 13.3 Å². The Morgan fingerprint density at radius 1 is 1.31 bits per heavy atom. The number of benzene rings is 2. The zero-order chi connectivity index (χ0) is 18.8. The third-order valence-electron chi connectivity index (χ3n) is 4.33. The summed E-state index contributed by atoms with van der Waals surface area (Å²) in [6, 6.07) is 10.0. The molecule has 1 heterocycles. The average Bonchev–Trinajstić information content (AvgIpc) is 2.99. The second-order valence-electron chi connectivity index (χ2n) is 6.10. The van der Waals surface area contributed by atoms with Crippen LogP contribution < -0.4 is 10.2 Å². The number of hydrogen-bond donors (Lipinski definition) is 1. The average molecular weight is 357 g/mol. The first-order valence-electron chi connectivity index (χ1n) is 7.97. The van der Waals surface area contributed by atoms with Gasteiger partial charge in [0.25, 0.3) is 5.69 Å². The number of para-hydroxylation sites is 1. The minimum Gasteiger partial charge on any atom is -0.325 e. The Hall–Kier alpha value is -3.29. The molecule has 1 aliphatic heterocycles. The summed E-state index contributed by atoms with van der Waals surface area (Å²) in [6.45, 7) is 1.77. The van der Waals surface area contributed by atoms with Gasteiger partial charge in [0.1, 0.15) is 5.82 Å². The van der Waals surface area contributed by atoms with Gasteiger partial charge < -0.3 is 10.2 Å². The van der Waals surface area contributed by atoms with Crippen LogP contribution in [0.25, 0.3) is 0 Å². The van der Waals surface area contributed by atoms with Crippen LogP contribution in [0, 0.1) is 28.8 Å². The largest absolute Gasteiger partial charge is 0.325 e. The number of carbonyl (C=O) groups is 2. The minimum absolute atomic E-state index is 0.0475. The molecular weight excluding hydrogens is 341 g/mol. The van der Waals surface area contributed by atoms with Gasteiger partial charge in [0.05, 0.1) is 22.2 Å². The van der Waals surface area contributed by atoms with Crippen LogP contribution in [-0.4, -0.2) is 23.3 Å². The summed E-state index contributed by atoms with van der Waals surface area (Å²) >= 11 is 0. The smallest absolute Gasteiger partial charge is 0.271 e. The van der Waals surface area contributed by atoms with E-state index in [1.807, 2.05) is 0 Å². The maximum absolute atomic E-state index is 13.9. The van der Waals surface area contributed by atoms with Crippen LogP contribution >= 0.6 is 0 Å². The molecule has 0 aromatic heterocycles. The number of rotatable bonds is 4. The molecule has 0 bridgehead atoms. The zero-order valence-corrected chi connectivity index (χ0v) is 13.9. The molecule has 1 aliphatic rings. The lowest BCUT2D eigenvalue weighted by molar-refractivity contribution is -0.384. The van der Waals surface area contributed by atoms with E-state index in [9.17, 15) is 24.1 Å². The predicted octanol–water partition coefficient (Wildman–Crippen LogP) is 3.03. The SMILES string of the molecule is Cc1ccc([N+](=O)[O-])cc1NC(=O)[C@@H]1CC(=O)N(c2ccccc2F)C1. The van der Waals surface area contributed by atoms with E-state index in [2.05, 4.69) is 5.32 Å². The Labute approximate surface area is 148 Å². The Bertz CT molecular complexity index is 900. The molecule has 1 saturated heterocycles. The molecule has 134 valence electrons. The van der Waals surface area contributed by atoms with Gasteiger partial charge in [-0.3, -0.25) is 19.7 Å². The fourth-order valence-electron chi connectivity index (χ4n) is 2.88. The number of anilines is 2. The summed E-state index contributed by atoms with van der Waals surface area (Å²) in [4.78, 5) is 36.3. The van der Waals surface area contributed by atoms with Gasteiger partial charge in [0, 0.05) is 25.1 Å². The Morgan fingerprint density at radius 3 is 2.73 bits per heavy atom. The number of nitro groups is 1. The monoisotopic (exact) mass is 357 g/mol. The van der Waals surface area contributed by atoms with Gasteiger partial charge in [-0.15, -0.1) is 0 Å². The highest BCUT2D eigenvalue weighted by atomic mass is 19.1. The standard InChI is InChI=1S/C18H16FN3O4/c1-11-6-7-13(22(25)26)9-15(11)20-18(24)12-8-17(23)21(10-12)16-5-3-2-4-14(16)19/h2-7,9,12H,8,10H2,1H3,(H,20,24)/t12-/m1/s1. The van der Waals surface area contributed by atoms with Crippen molar-refractivity contribution in [3.63, 3.8) is 0 Å². The van der Waals surface area contributed by atoms with Crippen molar-refractivity contribution in [3.8, 4) is 0 Å². The summed E-state index contributed by atoms with van der Waals surface area (Å²) in [5, 5.41) is 13.5. The predicted molar refractivity (Wildman–Crippen MR) is 93.3 cm³/mol. The van der Waals surface area contributed by atoms with Crippen LogP contribution in [0.3, 0.4) is 0 Å². The molecule has 0 saturated carbocycles. The van der Waals surface area contributed by atoms with Crippen molar-refractivity contribution >= 4 is 28.9 Å². The molecule has 0 unspecified atom stereocenters. The van der Waals surface area contributed by atoms with Gasteiger partial charge >= 0.3 is 0 Å². The number of amides is 2. The molecule has 2 amide bonds. The van der Waals surface area contributed by atoms with Gasteiger partial charge in [0.15, 0.2) is 0 Å². The normalized spacial score (nSPS) is 16.6. The molecule has 8 heteroatoms. The zero-order valence-electron chi connectivity index (χ0n) is 13.9. The van der Waals surface area contributed by atoms with Crippen LogP contribution in [0.15, 0.2) is 42.5 Å². The molecule has 0 spiro atoms. The quantitative estimate of drug-likeness (QED) is 0.672. The Kier molecular flexibility index (Phi) is 4.66. The van der Waals surface area contributed by atoms with Crippen LogP contribution in [0.5, 0.6) is 0 Å². The van der Waals surface area contributed by atoms with E-state index in [1.165, 1.54) is 35.2 Å². The first-order valence-corrected chi connectivity index (χ1v) is 7.97. The second-order valence-corrected chi connectivity index (χ2v) is 6.10. The lowest BCUT2D eigenvalue weighted by Gasteiger charge is -2.17. The molecule has 3 rings (SSSR count). The fourth-order valence-corrected chi connectivity index (χ4v) is 2.88. The molecule has 1 fully saturated rings. The molecule has 1 N–H and O–H groups in total. The van der Waals surface area contributed by atoms with Gasteiger partial charge in [-0.2, -0.15) is 0 Å². The number of nitrogens with one attached hydrogen (secondary N) is 1. The summed E-state index contributed by atoms with van der Waals surface area (Å²) in [6.07, 6.45) is -0.0475. The number of hydrogen-bond acceptors (Lipinski definition) is 4. The van der Waals surface area contributed by atoms with Gasteiger partial charge in [-0.05, 0) is 24.6 Å². The molecule has 26 heavy (non-hydrogen) atoms. The summed E-state index contributed by atoms with van der Waals surface area (Å²) in [5.41, 5.74) is 0.987. The number of nitrogens with zero attached hydrogens (tertiary/aromatic N) is 2. The maximum Gasteiger partial charge on any atom is 0.271 e. The van der Waals surface area contributed by atoms with Crippen molar-refractivity contribution in [1.29, 1.82) is 0 Å². The summed E-state index contributed by atoms with van der Waals surface area (Å²) in [5.74, 6) is -1.97. The summed E-state index contributed by atoms with van der Waals surface area (Å²) in [7, 11) is 0. The van der Waals surface area contributed by atoms with Crippen molar-refractivity contribution in [2.24, 2.45) is 5.92 Å². The molecular formula is C18H16FN3O4. The first-order chi connectivity index (χ1) is 12.4. The van der Waals surface area contributed by atoms with E-state index < -0.39 is 22.6 Å². The van der Waals surface area contributed by atoms with Crippen LogP contribution in [-0.2, 0) is 9.59 Å². The first kappa shape index (κ1) is 17.5. The second kappa shape index (κ2) is 6.91. The molecule has 0 aliphatic carbocycles. The molecule has 1 atom stereocenters. The molecule has 2 aromatic carbocycles. The lowest BCUT2D eigenvalue weighted by atomic mass is 10.1. The van der Waals surface area contributed by atoms with E-state index in [-0.39, 0.29) is 30.2 Å². The van der Waals surface area contributed by atoms with Crippen molar-refractivity contribution in [2.75, 3.05) is 16.8 Å². The molecule has 2 aromatic rings. The van der Waals surface area contributed by atoms with E-state index >= 15 is 0 Å². The number of non-ortho nitro benzene ring substituents is 1. The fraction of sp³-hybridized carbons (Fsp3) is 0.222. The highest BCUT2D eigenvalue weighted by Crippen LogP contribution is 2.29. The van der Waals surface area contributed by atoms with Gasteiger partial charge in [0.2, 0.25) is 11.8 Å². The highest BCUT2D eigenvalue weighted by molar-refractivity contribution is 6.03. The van der Waals surface area contributed by atoms with E-state index in [4.69, 9.17) is 0 Å². The van der Waals surface area contributed by atoms with E-state index in [1.54, 1.807) is 19.1 Å². The van der Waals surface area contributed by atoms with E-state index in [0.29, 0.717) is 11.3 Å². The Morgan fingerprint density at radius 2 is 2.04 bits per heavy atom. The van der Waals surface area contributed by atoms with Crippen LogP contribution in [0.1, 0.15) is 12.0 Å². The van der Waals surface area contributed by atoms with Gasteiger partial charge in [-0.25, -0.2) is 4.39 Å². The molecule has 7 nitrogen and oxygen atoms in total. The van der Waals surface area contributed by atoms with Crippen LogP contribution in [0.2, 0.25) is 0 Å².